The predicted octanol–water partition coefficient (Wildman–Crippen LogP) is 4.40. The number of aromatic nitrogens is 3. The molecule has 0 aliphatic carbocycles. The Morgan fingerprint density at radius 3 is 2.36 bits per heavy atom. The van der Waals surface area contributed by atoms with E-state index >= 15 is 0 Å². The Bertz CT molecular complexity index is 967. The third-order valence-corrected chi connectivity index (χ3v) is 4.93. The molecule has 0 saturated carbocycles. The van der Waals surface area contributed by atoms with Crippen LogP contribution in [0.2, 0.25) is 0 Å². The third-order valence-electron chi connectivity index (χ3n) is 4.93. The van der Waals surface area contributed by atoms with Crippen LogP contribution in [0, 0.1) is 19.8 Å². The molecule has 1 amide bonds. The number of aliphatic hydroxyl groups excluding tert-OH is 2. The molecule has 3 aromatic rings. The molecule has 7 heteroatoms. The fourth-order valence-corrected chi connectivity index (χ4v) is 2.76. The maximum absolute atomic E-state index is 12.5. The van der Waals surface area contributed by atoms with Crippen LogP contribution in [-0.4, -0.2) is 43.9 Å². The summed E-state index contributed by atoms with van der Waals surface area (Å²) in [5, 5.41) is 20.8. The molecule has 33 heavy (non-hydrogen) atoms. The Balaban J connectivity index is 0.000000593. The number of pyridine rings is 1. The highest BCUT2D eigenvalue weighted by molar-refractivity contribution is 5.92. The van der Waals surface area contributed by atoms with Gasteiger partial charge in [0.1, 0.15) is 12.0 Å². The zero-order chi connectivity index (χ0) is 24.8. The van der Waals surface area contributed by atoms with E-state index in [2.05, 4.69) is 22.2 Å². The van der Waals surface area contributed by atoms with Crippen LogP contribution in [0.3, 0.4) is 0 Å². The Morgan fingerprint density at radius 1 is 1.09 bits per heavy atom. The number of carbonyl (C=O) groups excluding carboxylic acids is 1. The first kappa shape index (κ1) is 28.0. The zero-order valence-corrected chi connectivity index (χ0v) is 20.6. The van der Waals surface area contributed by atoms with Crippen LogP contribution in [0.1, 0.15) is 67.5 Å². The van der Waals surface area contributed by atoms with E-state index in [1.54, 1.807) is 23.3 Å². The molecule has 0 aliphatic heterocycles. The molecule has 0 saturated heterocycles. The molecule has 0 bridgehead atoms. The fraction of sp³-hybridized carbons (Fsp3) is 0.423. The first-order chi connectivity index (χ1) is 15.9. The summed E-state index contributed by atoms with van der Waals surface area (Å²) >= 11 is 0. The lowest BCUT2D eigenvalue weighted by Gasteiger charge is -2.16. The summed E-state index contributed by atoms with van der Waals surface area (Å²) in [5.74, 6) is 0.162. The van der Waals surface area contributed by atoms with Gasteiger partial charge >= 0.3 is 0 Å². The molecule has 3 rings (SSSR count). The lowest BCUT2D eigenvalue weighted by atomic mass is 10.0. The van der Waals surface area contributed by atoms with Gasteiger partial charge in [-0.2, -0.15) is 0 Å². The lowest BCUT2D eigenvalue weighted by molar-refractivity contribution is 0.0911. The molecule has 2 heterocycles. The average molecular weight is 455 g/mol. The summed E-state index contributed by atoms with van der Waals surface area (Å²) < 4.78 is 1.77. The zero-order valence-electron chi connectivity index (χ0n) is 20.6. The van der Waals surface area contributed by atoms with Crippen molar-refractivity contribution in [3.8, 4) is 5.69 Å². The molecule has 0 aliphatic rings. The van der Waals surface area contributed by atoms with Gasteiger partial charge in [0.15, 0.2) is 0 Å². The molecule has 180 valence electrons. The van der Waals surface area contributed by atoms with Crippen LogP contribution in [0.5, 0.6) is 0 Å². The van der Waals surface area contributed by atoms with Crippen LogP contribution in [0.25, 0.3) is 5.69 Å². The van der Waals surface area contributed by atoms with Gasteiger partial charge in [-0.15, -0.1) is 0 Å². The molecular formula is C26H38N4O3. The summed E-state index contributed by atoms with van der Waals surface area (Å²) in [7, 11) is 0. The average Bonchev–Trinajstić information content (AvgIpc) is 3.34. The van der Waals surface area contributed by atoms with Crippen molar-refractivity contribution in [1.82, 2.24) is 19.9 Å². The van der Waals surface area contributed by atoms with Gasteiger partial charge in [0, 0.05) is 30.4 Å². The number of carbonyl (C=O) groups is 1. The number of aryl methyl sites for hydroxylation is 2. The summed E-state index contributed by atoms with van der Waals surface area (Å²) in [6.45, 7) is 12.1. The number of hydrogen-bond donors (Lipinski definition) is 3. The fourth-order valence-electron chi connectivity index (χ4n) is 2.76. The van der Waals surface area contributed by atoms with E-state index in [-0.39, 0.29) is 12.5 Å². The number of imidazole rings is 1. The maximum Gasteiger partial charge on any atom is 0.272 e. The predicted molar refractivity (Wildman–Crippen MR) is 132 cm³/mol. The minimum atomic E-state index is -0.472. The highest BCUT2D eigenvalue weighted by Gasteiger charge is 2.17. The number of aliphatic hydroxyl groups is 2. The Hall–Kier alpha value is -3.03. The van der Waals surface area contributed by atoms with Gasteiger partial charge in [-0.25, -0.2) is 4.98 Å². The number of amides is 1. The number of nitrogens with one attached hydrogen (secondary N) is 1. The molecule has 0 spiro atoms. The van der Waals surface area contributed by atoms with Gasteiger partial charge in [0.05, 0.1) is 12.6 Å². The smallest absolute Gasteiger partial charge is 0.272 e. The summed E-state index contributed by atoms with van der Waals surface area (Å²) in [6, 6.07) is 11.0. The monoisotopic (exact) mass is 454 g/mol. The van der Waals surface area contributed by atoms with Crippen molar-refractivity contribution in [2.24, 2.45) is 5.92 Å². The SMILES string of the molecule is CC.CC[C@@H](C)CO.Cc1cccc([C@@H](CO)NC(=O)c2cn(-c3ccnc(C)c3)cn2)c1. The van der Waals surface area contributed by atoms with Crippen LogP contribution >= 0.6 is 0 Å². The van der Waals surface area contributed by atoms with Crippen LogP contribution in [0.15, 0.2) is 55.1 Å². The van der Waals surface area contributed by atoms with Crippen LogP contribution < -0.4 is 5.32 Å². The van der Waals surface area contributed by atoms with Gasteiger partial charge in [0.25, 0.3) is 5.91 Å². The van der Waals surface area contributed by atoms with Crippen molar-refractivity contribution in [2.75, 3.05) is 13.2 Å². The number of hydrogen-bond acceptors (Lipinski definition) is 5. The molecule has 3 N–H and O–H groups in total. The van der Waals surface area contributed by atoms with Crippen LogP contribution in [0.4, 0.5) is 0 Å². The normalized spacial score (nSPS) is 11.9. The van der Waals surface area contributed by atoms with Gasteiger partial charge in [0.2, 0.25) is 0 Å². The van der Waals surface area contributed by atoms with Crippen molar-refractivity contribution >= 4 is 5.91 Å². The topological polar surface area (TPSA) is 100 Å². The molecule has 0 unspecified atom stereocenters. The Kier molecular flexibility index (Phi) is 12.7. The van der Waals surface area contributed by atoms with E-state index in [0.29, 0.717) is 18.2 Å². The number of nitrogens with zero attached hydrogens (tertiary/aromatic N) is 3. The summed E-state index contributed by atoms with van der Waals surface area (Å²) in [4.78, 5) is 20.8. The minimum Gasteiger partial charge on any atom is -0.396 e. The molecule has 1 aromatic carbocycles. The number of rotatable bonds is 7. The van der Waals surface area contributed by atoms with Gasteiger partial charge in [-0.05, 0) is 37.5 Å². The van der Waals surface area contributed by atoms with Crippen LogP contribution in [-0.2, 0) is 0 Å². The molecule has 2 atom stereocenters. The van der Waals surface area contributed by atoms with E-state index in [1.165, 1.54) is 0 Å². The van der Waals surface area contributed by atoms with E-state index in [1.807, 2.05) is 71.0 Å². The lowest BCUT2D eigenvalue weighted by Crippen LogP contribution is -2.31. The minimum absolute atomic E-state index is 0.181. The number of benzene rings is 1. The standard InChI is InChI=1S/C19H20N4O2.C5H12O.C2H6/c1-13-4-3-5-15(8-13)18(11-24)22-19(25)17-10-23(12-21-17)16-6-7-20-14(2)9-16;1-3-5(2)4-6;1-2/h3-10,12,18,24H,11H2,1-2H3,(H,22,25);5-6H,3-4H2,1-2H3;1-2H3/t18-;5-;/m11./s1. The highest BCUT2D eigenvalue weighted by Crippen LogP contribution is 2.15. The molecule has 2 aromatic heterocycles. The first-order valence-corrected chi connectivity index (χ1v) is 11.4. The first-order valence-electron chi connectivity index (χ1n) is 11.4. The van der Waals surface area contributed by atoms with Crippen molar-refractivity contribution in [2.45, 2.75) is 54.0 Å². The van der Waals surface area contributed by atoms with Crippen molar-refractivity contribution in [1.29, 1.82) is 0 Å². The van der Waals surface area contributed by atoms with Crippen molar-refractivity contribution < 1.29 is 15.0 Å². The van der Waals surface area contributed by atoms with E-state index in [4.69, 9.17) is 5.11 Å². The van der Waals surface area contributed by atoms with E-state index in [9.17, 15) is 9.90 Å². The largest absolute Gasteiger partial charge is 0.396 e. The van der Waals surface area contributed by atoms with Gasteiger partial charge in [-0.1, -0.05) is 63.9 Å². The second-order valence-corrected chi connectivity index (χ2v) is 7.64. The molecule has 0 radical (unpaired) electrons. The van der Waals surface area contributed by atoms with Crippen molar-refractivity contribution in [3.05, 3.63) is 77.6 Å². The Labute approximate surface area is 197 Å². The summed E-state index contributed by atoms with van der Waals surface area (Å²) in [5.41, 5.74) is 4.00. The highest BCUT2D eigenvalue weighted by atomic mass is 16.3. The second-order valence-electron chi connectivity index (χ2n) is 7.64. The molecule has 7 nitrogen and oxygen atoms in total. The van der Waals surface area contributed by atoms with Gasteiger partial charge < -0.3 is 20.1 Å². The third kappa shape index (κ3) is 9.16. The molecule has 0 fully saturated rings. The van der Waals surface area contributed by atoms with Gasteiger partial charge in [-0.3, -0.25) is 9.78 Å². The molecular weight excluding hydrogens is 416 g/mol. The summed E-state index contributed by atoms with van der Waals surface area (Å²) in [6.07, 6.45) is 6.04. The van der Waals surface area contributed by atoms with E-state index in [0.717, 1.165) is 28.9 Å². The Morgan fingerprint density at radius 2 is 1.82 bits per heavy atom. The quantitative estimate of drug-likeness (QED) is 0.491. The maximum atomic E-state index is 12.5. The second kappa shape index (κ2) is 14.9. The van der Waals surface area contributed by atoms with E-state index < -0.39 is 6.04 Å². The van der Waals surface area contributed by atoms with Crippen molar-refractivity contribution in [3.63, 3.8) is 0 Å².